The number of aromatic nitrogens is 4. The third-order valence-corrected chi connectivity index (χ3v) is 7.43. The van der Waals surface area contributed by atoms with Crippen molar-refractivity contribution >= 4 is 5.91 Å². The maximum absolute atomic E-state index is 12.7. The van der Waals surface area contributed by atoms with Crippen LogP contribution in [-0.4, -0.2) is 32.2 Å². The predicted molar refractivity (Wildman–Crippen MR) is 106 cm³/mol. The van der Waals surface area contributed by atoms with Gasteiger partial charge in [0.15, 0.2) is 0 Å². The molecule has 0 aliphatic heterocycles. The Morgan fingerprint density at radius 2 is 1.75 bits per heavy atom. The molecule has 1 atom stereocenters. The fraction of sp³-hybridized carbons (Fsp3) is 0.636. The van der Waals surface area contributed by atoms with Crippen molar-refractivity contribution in [3.05, 3.63) is 29.8 Å². The number of tetrazole rings is 1. The summed E-state index contributed by atoms with van der Waals surface area (Å²) in [6.07, 6.45) is 8.14. The Labute approximate surface area is 166 Å². The molecule has 6 heteroatoms. The first-order chi connectivity index (χ1) is 13.5. The summed E-state index contributed by atoms with van der Waals surface area (Å²) in [5.41, 5.74) is 2.42. The van der Waals surface area contributed by atoms with Crippen molar-refractivity contribution in [1.82, 2.24) is 25.5 Å². The highest BCUT2D eigenvalue weighted by molar-refractivity contribution is 5.76. The van der Waals surface area contributed by atoms with E-state index in [1.54, 1.807) is 0 Å². The van der Waals surface area contributed by atoms with Crippen molar-refractivity contribution < 1.29 is 4.79 Å². The van der Waals surface area contributed by atoms with Crippen molar-refractivity contribution in [2.45, 2.75) is 65.0 Å². The molecule has 2 aromatic rings. The first kappa shape index (κ1) is 17.8. The van der Waals surface area contributed by atoms with Crippen LogP contribution in [0, 0.1) is 30.1 Å². The van der Waals surface area contributed by atoms with Gasteiger partial charge in [-0.2, -0.15) is 4.80 Å². The molecule has 4 aliphatic carbocycles. The summed E-state index contributed by atoms with van der Waals surface area (Å²) in [6, 6.07) is 8.22. The molecule has 0 radical (unpaired) electrons. The standard InChI is InChI=1S/C22H29N5O/c1-14-3-5-19(6-4-14)21-24-26-27(25-21)13-20(28)23-15(2)22-10-16-7-17(11-22)9-18(8-16)12-22/h3-6,15-18H,7-13H2,1-2H3,(H,23,28)/t15-,16?,17?,18?,22?/m0/s1. The molecular formula is C22H29N5O. The van der Waals surface area contributed by atoms with Crippen LogP contribution >= 0.6 is 0 Å². The Balaban J connectivity index is 1.22. The highest BCUT2D eigenvalue weighted by atomic mass is 16.2. The molecular weight excluding hydrogens is 350 g/mol. The van der Waals surface area contributed by atoms with Crippen molar-refractivity contribution in [2.75, 3.05) is 0 Å². The van der Waals surface area contributed by atoms with Gasteiger partial charge in [-0.3, -0.25) is 4.79 Å². The molecule has 4 aliphatic rings. The highest BCUT2D eigenvalue weighted by Crippen LogP contribution is 2.61. The SMILES string of the molecule is Cc1ccc(-c2nnn(CC(=O)N[C@@H](C)C34CC5CC(CC(C5)C3)C4)n2)cc1. The molecule has 1 heterocycles. The minimum atomic E-state index is -0.0175. The Morgan fingerprint density at radius 1 is 1.14 bits per heavy atom. The molecule has 1 aromatic heterocycles. The first-order valence-electron chi connectivity index (χ1n) is 10.6. The Kier molecular flexibility index (Phi) is 4.25. The second-order valence-corrected chi connectivity index (χ2v) is 9.58. The summed E-state index contributed by atoms with van der Waals surface area (Å²) in [5, 5.41) is 15.8. The van der Waals surface area contributed by atoms with E-state index in [2.05, 4.69) is 27.7 Å². The van der Waals surface area contributed by atoms with E-state index in [4.69, 9.17) is 0 Å². The topological polar surface area (TPSA) is 72.7 Å². The van der Waals surface area contributed by atoms with Crippen LogP contribution in [0.15, 0.2) is 24.3 Å². The molecule has 6 rings (SSSR count). The van der Waals surface area contributed by atoms with E-state index in [1.807, 2.05) is 31.2 Å². The number of nitrogens with zero attached hydrogens (tertiary/aromatic N) is 4. The van der Waals surface area contributed by atoms with Crippen LogP contribution in [0.1, 0.15) is 51.0 Å². The number of hydrogen-bond donors (Lipinski definition) is 1. The fourth-order valence-corrected chi connectivity index (χ4v) is 6.41. The number of hydrogen-bond acceptors (Lipinski definition) is 4. The number of carbonyl (C=O) groups is 1. The molecule has 4 fully saturated rings. The molecule has 1 N–H and O–H groups in total. The highest BCUT2D eigenvalue weighted by Gasteiger charge is 2.53. The molecule has 1 amide bonds. The van der Waals surface area contributed by atoms with Gasteiger partial charge < -0.3 is 5.32 Å². The monoisotopic (exact) mass is 379 g/mol. The van der Waals surface area contributed by atoms with E-state index in [1.165, 1.54) is 48.9 Å². The molecule has 4 saturated carbocycles. The van der Waals surface area contributed by atoms with Crippen LogP contribution < -0.4 is 5.32 Å². The second kappa shape index (κ2) is 6.68. The van der Waals surface area contributed by atoms with Crippen LogP contribution in [0.5, 0.6) is 0 Å². The number of benzene rings is 1. The van der Waals surface area contributed by atoms with Crippen LogP contribution in [0.2, 0.25) is 0 Å². The first-order valence-corrected chi connectivity index (χ1v) is 10.6. The van der Waals surface area contributed by atoms with Gasteiger partial charge in [0.25, 0.3) is 0 Å². The average Bonchev–Trinajstić information content (AvgIpc) is 3.09. The summed E-state index contributed by atoms with van der Waals surface area (Å²) >= 11 is 0. The maximum atomic E-state index is 12.7. The molecule has 0 unspecified atom stereocenters. The molecule has 1 aromatic carbocycles. The number of amides is 1. The lowest BCUT2D eigenvalue weighted by Crippen LogP contribution is -2.56. The van der Waals surface area contributed by atoms with E-state index in [0.29, 0.717) is 11.2 Å². The summed E-state index contributed by atoms with van der Waals surface area (Å²) in [5.74, 6) is 3.21. The van der Waals surface area contributed by atoms with Crippen molar-refractivity contribution in [1.29, 1.82) is 0 Å². The van der Waals surface area contributed by atoms with Crippen molar-refractivity contribution in [3.63, 3.8) is 0 Å². The molecule has 0 saturated heterocycles. The minimum absolute atomic E-state index is 0.0175. The molecule has 0 spiro atoms. The van der Waals surface area contributed by atoms with Crippen LogP contribution in [0.4, 0.5) is 0 Å². The van der Waals surface area contributed by atoms with Gasteiger partial charge in [-0.1, -0.05) is 29.8 Å². The summed E-state index contributed by atoms with van der Waals surface area (Å²) in [4.78, 5) is 14.1. The summed E-state index contributed by atoms with van der Waals surface area (Å²) < 4.78 is 0. The fourth-order valence-electron chi connectivity index (χ4n) is 6.41. The lowest BCUT2D eigenvalue weighted by atomic mass is 9.48. The van der Waals surface area contributed by atoms with Gasteiger partial charge in [-0.15, -0.1) is 10.2 Å². The van der Waals surface area contributed by atoms with Gasteiger partial charge in [0.2, 0.25) is 11.7 Å². The van der Waals surface area contributed by atoms with E-state index in [9.17, 15) is 4.79 Å². The smallest absolute Gasteiger partial charge is 0.243 e. The van der Waals surface area contributed by atoms with Gasteiger partial charge in [0, 0.05) is 11.6 Å². The van der Waals surface area contributed by atoms with Gasteiger partial charge in [-0.25, -0.2) is 0 Å². The molecule has 28 heavy (non-hydrogen) atoms. The van der Waals surface area contributed by atoms with Gasteiger partial charge in [0.1, 0.15) is 6.54 Å². The van der Waals surface area contributed by atoms with Crippen LogP contribution in [-0.2, 0) is 11.3 Å². The Hall–Kier alpha value is -2.24. The predicted octanol–water partition coefficient (Wildman–Crippen LogP) is 3.37. The Bertz CT molecular complexity index is 836. The van der Waals surface area contributed by atoms with E-state index >= 15 is 0 Å². The maximum Gasteiger partial charge on any atom is 0.243 e. The zero-order chi connectivity index (χ0) is 19.3. The van der Waals surface area contributed by atoms with Gasteiger partial charge >= 0.3 is 0 Å². The van der Waals surface area contributed by atoms with Crippen LogP contribution in [0.3, 0.4) is 0 Å². The third kappa shape index (κ3) is 3.23. The molecule has 4 bridgehead atoms. The second-order valence-electron chi connectivity index (χ2n) is 9.58. The largest absolute Gasteiger partial charge is 0.351 e. The van der Waals surface area contributed by atoms with Crippen molar-refractivity contribution in [3.8, 4) is 11.4 Å². The van der Waals surface area contributed by atoms with E-state index in [0.717, 1.165) is 23.3 Å². The third-order valence-electron chi connectivity index (χ3n) is 7.43. The quantitative estimate of drug-likeness (QED) is 0.864. The lowest BCUT2D eigenvalue weighted by Gasteiger charge is -2.59. The van der Waals surface area contributed by atoms with Crippen molar-refractivity contribution in [2.24, 2.45) is 23.2 Å². The summed E-state index contributed by atoms with van der Waals surface area (Å²) in [7, 11) is 0. The number of nitrogens with one attached hydrogen (secondary N) is 1. The normalized spacial score (nSPS) is 31.7. The number of rotatable bonds is 5. The average molecular weight is 380 g/mol. The van der Waals surface area contributed by atoms with Gasteiger partial charge in [0.05, 0.1) is 0 Å². The van der Waals surface area contributed by atoms with E-state index < -0.39 is 0 Å². The zero-order valence-electron chi connectivity index (χ0n) is 16.8. The zero-order valence-corrected chi connectivity index (χ0v) is 16.8. The number of carbonyl (C=O) groups excluding carboxylic acids is 1. The lowest BCUT2D eigenvalue weighted by molar-refractivity contribution is -0.126. The molecule has 148 valence electrons. The summed E-state index contributed by atoms with van der Waals surface area (Å²) in [6.45, 7) is 4.37. The number of aryl methyl sites for hydroxylation is 1. The minimum Gasteiger partial charge on any atom is -0.351 e. The van der Waals surface area contributed by atoms with Gasteiger partial charge in [-0.05, 0) is 80.8 Å². The van der Waals surface area contributed by atoms with E-state index in [-0.39, 0.29) is 18.5 Å². The van der Waals surface area contributed by atoms with Crippen LogP contribution in [0.25, 0.3) is 11.4 Å². The Morgan fingerprint density at radius 3 is 2.36 bits per heavy atom. The molecule has 6 nitrogen and oxygen atoms in total.